The van der Waals surface area contributed by atoms with Crippen molar-refractivity contribution in [2.45, 2.75) is 31.1 Å². The maximum atomic E-state index is 11.9. The quantitative estimate of drug-likeness (QED) is 0.778. The van der Waals surface area contributed by atoms with Gasteiger partial charge in [0.1, 0.15) is 0 Å². The number of nitrogen functional groups attached to an aromatic ring is 1. The summed E-state index contributed by atoms with van der Waals surface area (Å²) in [7, 11) is -3.07. The summed E-state index contributed by atoms with van der Waals surface area (Å²) in [4.78, 5) is 11.9. The summed E-state index contributed by atoms with van der Waals surface area (Å²) in [6.07, 6.45) is 2.34. The Balaban J connectivity index is 2.27. The van der Waals surface area contributed by atoms with Crippen LogP contribution >= 0.6 is 0 Å². The molecule has 1 aliphatic carbocycles. The molecule has 2 heterocycles. The minimum absolute atomic E-state index is 0.0425. The predicted molar refractivity (Wildman–Crippen MR) is 64.6 cm³/mol. The van der Waals surface area contributed by atoms with E-state index in [2.05, 4.69) is 0 Å². The number of hydrogen-bond donors (Lipinski definition) is 1. The van der Waals surface area contributed by atoms with Crippen LogP contribution in [-0.2, 0) is 22.0 Å². The van der Waals surface area contributed by atoms with Crippen LogP contribution in [0.2, 0.25) is 0 Å². The normalized spacial score (nSPS) is 22.1. The van der Waals surface area contributed by atoms with Crippen LogP contribution in [0.3, 0.4) is 0 Å². The highest BCUT2D eigenvalue weighted by Gasteiger charge is 2.32. The second kappa shape index (κ2) is 3.35. The second-order valence-corrected chi connectivity index (χ2v) is 6.99. The Morgan fingerprint density at radius 1 is 1.35 bits per heavy atom. The first-order valence-electron chi connectivity index (χ1n) is 5.71. The molecule has 0 bridgehead atoms. The Morgan fingerprint density at radius 2 is 2.06 bits per heavy atom. The molecule has 1 aliphatic heterocycles. The second-order valence-electron chi connectivity index (χ2n) is 4.81. The highest BCUT2D eigenvalue weighted by molar-refractivity contribution is 7.90. The third-order valence-electron chi connectivity index (χ3n) is 3.44. The van der Waals surface area contributed by atoms with Crippen molar-refractivity contribution in [3.05, 3.63) is 27.7 Å². The van der Waals surface area contributed by atoms with Crippen LogP contribution < -0.4 is 11.3 Å². The molecule has 1 fully saturated rings. The zero-order valence-electron chi connectivity index (χ0n) is 9.35. The lowest BCUT2D eigenvalue weighted by Crippen LogP contribution is -2.31. The van der Waals surface area contributed by atoms with Crippen LogP contribution in [0.1, 0.15) is 30.1 Å². The van der Waals surface area contributed by atoms with Crippen LogP contribution in [0.25, 0.3) is 0 Å². The fourth-order valence-corrected chi connectivity index (χ4v) is 3.84. The van der Waals surface area contributed by atoms with Gasteiger partial charge in [-0.15, -0.1) is 0 Å². The molecule has 2 aliphatic rings. The number of sulfone groups is 1. The Morgan fingerprint density at radius 3 is 2.71 bits per heavy atom. The largest absolute Gasteiger partial charge is 0.398 e. The Labute approximate surface area is 99.2 Å². The van der Waals surface area contributed by atoms with Crippen LogP contribution in [0.15, 0.2) is 10.9 Å². The fraction of sp³-hybridized carbons (Fsp3) is 0.545. The standard InChI is InChI=1S/C11H14N2O3S/c12-9-5-11(14)13(7-1-2-7)10-6-17(15,16)4-3-8(9)10/h5,7H,1-4,6,12H2. The Hall–Kier alpha value is -1.30. The molecule has 0 saturated heterocycles. The van der Waals surface area contributed by atoms with E-state index in [-0.39, 0.29) is 23.1 Å². The topological polar surface area (TPSA) is 82.2 Å². The van der Waals surface area contributed by atoms with E-state index in [4.69, 9.17) is 5.73 Å². The monoisotopic (exact) mass is 254 g/mol. The van der Waals surface area contributed by atoms with Gasteiger partial charge in [-0.1, -0.05) is 0 Å². The van der Waals surface area contributed by atoms with Gasteiger partial charge < -0.3 is 10.3 Å². The third kappa shape index (κ3) is 1.76. The number of rotatable bonds is 1. The van der Waals surface area contributed by atoms with E-state index in [1.807, 2.05) is 0 Å². The van der Waals surface area contributed by atoms with Gasteiger partial charge >= 0.3 is 0 Å². The van der Waals surface area contributed by atoms with E-state index >= 15 is 0 Å². The van der Waals surface area contributed by atoms with Crippen molar-refractivity contribution in [1.82, 2.24) is 4.57 Å². The summed E-state index contributed by atoms with van der Waals surface area (Å²) < 4.78 is 25.0. The Bertz CT molecular complexity index is 641. The van der Waals surface area contributed by atoms with Gasteiger partial charge in [0.25, 0.3) is 5.56 Å². The zero-order valence-corrected chi connectivity index (χ0v) is 10.2. The van der Waals surface area contributed by atoms with E-state index < -0.39 is 9.84 Å². The van der Waals surface area contributed by atoms with Crippen LogP contribution in [0, 0.1) is 0 Å². The maximum absolute atomic E-state index is 11.9. The molecular weight excluding hydrogens is 240 g/mol. The molecule has 0 spiro atoms. The summed E-state index contributed by atoms with van der Waals surface area (Å²) in [5.41, 5.74) is 7.57. The zero-order chi connectivity index (χ0) is 12.2. The minimum Gasteiger partial charge on any atom is -0.398 e. The molecule has 0 amide bonds. The van der Waals surface area contributed by atoms with E-state index in [1.165, 1.54) is 6.07 Å². The lowest BCUT2D eigenvalue weighted by molar-refractivity contribution is 0.582. The molecular formula is C11H14N2O3S. The highest BCUT2D eigenvalue weighted by atomic mass is 32.2. The molecule has 0 radical (unpaired) electrons. The molecule has 1 aromatic rings. The molecule has 2 N–H and O–H groups in total. The molecule has 17 heavy (non-hydrogen) atoms. The molecule has 6 heteroatoms. The summed E-state index contributed by atoms with van der Waals surface area (Å²) in [6.45, 7) is 0. The number of anilines is 1. The first-order chi connectivity index (χ1) is 7.98. The van der Waals surface area contributed by atoms with Gasteiger partial charge in [0, 0.05) is 23.5 Å². The number of fused-ring (bicyclic) bond motifs is 1. The van der Waals surface area contributed by atoms with E-state index in [9.17, 15) is 13.2 Å². The number of nitrogens with zero attached hydrogens (tertiary/aromatic N) is 1. The molecule has 0 unspecified atom stereocenters. The van der Waals surface area contributed by atoms with Gasteiger partial charge in [0.05, 0.1) is 11.5 Å². The molecule has 1 aromatic heterocycles. The molecule has 0 aromatic carbocycles. The lowest BCUT2D eigenvalue weighted by atomic mass is 10.1. The number of nitrogens with two attached hydrogens (primary N) is 1. The summed E-state index contributed by atoms with van der Waals surface area (Å²) in [5, 5.41) is 0. The number of pyridine rings is 1. The van der Waals surface area contributed by atoms with Gasteiger partial charge in [0.2, 0.25) is 0 Å². The van der Waals surface area contributed by atoms with Crippen molar-refractivity contribution in [1.29, 1.82) is 0 Å². The van der Waals surface area contributed by atoms with Crippen LogP contribution in [0.5, 0.6) is 0 Å². The third-order valence-corrected chi connectivity index (χ3v) is 4.98. The van der Waals surface area contributed by atoms with Gasteiger partial charge in [-0.05, 0) is 24.8 Å². The van der Waals surface area contributed by atoms with Crippen molar-refractivity contribution in [2.24, 2.45) is 0 Å². The summed E-state index contributed by atoms with van der Waals surface area (Å²) in [6, 6.07) is 1.61. The van der Waals surface area contributed by atoms with Gasteiger partial charge in [-0.25, -0.2) is 8.42 Å². The van der Waals surface area contributed by atoms with Crippen molar-refractivity contribution in [3.8, 4) is 0 Å². The predicted octanol–water partition coefficient (Wildman–Crippen LogP) is 0.236. The molecule has 5 nitrogen and oxygen atoms in total. The smallest absolute Gasteiger partial charge is 0.253 e. The van der Waals surface area contributed by atoms with Crippen molar-refractivity contribution in [2.75, 3.05) is 11.5 Å². The average molecular weight is 254 g/mol. The lowest BCUT2D eigenvalue weighted by Gasteiger charge is -2.22. The highest BCUT2D eigenvalue weighted by Crippen LogP contribution is 2.37. The molecule has 3 rings (SSSR count). The molecule has 1 saturated carbocycles. The Kier molecular flexibility index (Phi) is 2.13. The molecule has 0 atom stereocenters. The number of aromatic nitrogens is 1. The van der Waals surface area contributed by atoms with Crippen molar-refractivity contribution in [3.63, 3.8) is 0 Å². The average Bonchev–Trinajstić information content (AvgIpc) is 2.99. The maximum Gasteiger partial charge on any atom is 0.253 e. The van der Waals surface area contributed by atoms with Gasteiger partial charge in [0.15, 0.2) is 9.84 Å². The minimum atomic E-state index is -3.07. The summed E-state index contributed by atoms with van der Waals surface area (Å²) >= 11 is 0. The van der Waals surface area contributed by atoms with Crippen molar-refractivity contribution >= 4 is 15.5 Å². The van der Waals surface area contributed by atoms with Gasteiger partial charge in [-0.2, -0.15) is 0 Å². The van der Waals surface area contributed by atoms with Crippen LogP contribution in [0.4, 0.5) is 5.69 Å². The SMILES string of the molecule is Nc1cc(=O)n(C2CC2)c2c1CCS(=O)(=O)C2. The van der Waals surface area contributed by atoms with E-state index in [0.29, 0.717) is 17.8 Å². The summed E-state index contributed by atoms with van der Waals surface area (Å²) in [5.74, 6) is 0.0895. The van der Waals surface area contributed by atoms with E-state index in [0.717, 1.165) is 18.4 Å². The van der Waals surface area contributed by atoms with Gasteiger partial charge in [-0.3, -0.25) is 4.79 Å². The van der Waals surface area contributed by atoms with Crippen LogP contribution in [-0.4, -0.2) is 18.7 Å². The number of hydrogen-bond acceptors (Lipinski definition) is 4. The molecule has 92 valence electrons. The van der Waals surface area contributed by atoms with Crippen molar-refractivity contribution < 1.29 is 8.42 Å². The fourth-order valence-electron chi connectivity index (χ4n) is 2.45. The first kappa shape index (κ1) is 10.8. The first-order valence-corrected chi connectivity index (χ1v) is 7.53. The van der Waals surface area contributed by atoms with E-state index in [1.54, 1.807) is 4.57 Å².